The van der Waals surface area contributed by atoms with Crippen molar-refractivity contribution in [3.63, 3.8) is 0 Å². The van der Waals surface area contributed by atoms with Gasteiger partial charge in [-0.2, -0.15) is 0 Å². The first kappa shape index (κ1) is 9.39. The molecule has 0 radical (unpaired) electrons. The molecule has 4 heteroatoms. The highest BCUT2D eigenvalue weighted by atomic mass is 16.4. The third-order valence-electron chi connectivity index (χ3n) is 3.29. The fourth-order valence-corrected chi connectivity index (χ4v) is 2.12. The van der Waals surface area contributed by atoms with Crippen molar-refractivity contribution < 1.29 is 9.90 Å². The van der Waals surface area contributed by atoms with Crippen molar-refractivity contribution >= 4 is 17.0 Å². The summed E-state index contributed by atoms with van der Waals surface area (Å²) < 4.78 is 2.16. The van der Waals surface area contributed by atoms with E-state index < -0.39 is 5.97 Å². The van der Waals surface area contributed by atoms with E-state index in [1.165, 1.54) is 19.3 Å². The molecule has 1 fully saturated rings. The molecule has 1 aromatic heterocycles. The quantitative estimate of drug-likeness (QED) is 0.838. The molecule has 1 saturated carbocycles. The third-order valence-corrected chi connectivity index (χ3v) is 3.29. The number of fused-ring (bicyclic) bond motifs is 1. The molecule has 0 aliphatic heterocycles. The molecule has 3 rings (SSSR count). The molecule has 4 nitrogen and oxygen atoms in total. The van der Waals surface area contributed by atoms with Gasteiger partial charge in [0.15, 0.2) is 0 Å². The van der Waals surface area contributed by atoms with Gasteiger partial charge >= 0.3 is 5.97 Å². The lowest BCUT2D eigenvalue weighted by molar-refractivity contribution is 0.0697. The maximum absolute atomic E-state index is 10.8. The first-order valence-corrected chi connectivity index (χ1v) is 5.45. The van der Waals surface area contributed by atoms with Crippen molar-refractivity contribution in [2.24, 2.45) is 0 Å². The first-order chi connectivity index (χ1) is 7.75. The molecule has 0 bridgehead atoms. The number of benzene rings is 1. The lowest BCUT2D eigenvalue weighted by Gasteiger charge is -2.27. The smallest absolute Gasteiger partial charge is 0.335 e. The number of carboxylic acids is 1. The number of hydrogen-bond acceptors (Lipinski definition) is 2. The molecule has 1 heterocycles. The van der Waals surface area contributed by atoms with Gasteiger partial charge in [-0.05, 0) is 37.5 Å². The standard InChI is InChI=1S/C12H12N2O2/c15-12(16)8-4-5-11-10(6-8)13-7-14(11)9-2-1-3-9/h4-7,9H,1-3H2,(H,15,16). The van der Waals surface area contributed by atoms with Gasteiger partial charge in [0, 0.05) is 6.04 Å². The van der Waals surface area contributed by atoms with Gasteiger partial charge < -0.3 is 9.67 Å². The highest BCUT2D eigenvalue weighted by Gasteiger charge is 2.21. The van der Waals surface area contributed by atoms with Crippen LogP contribution in [0, 0.1) is 0 Å². The van der Waals surface area contributed by atoms with Crippen molar-refractivity contribution in [2.45, 2.75) is 25.3 Å². The predicted molar refractivity (Wildman–Crippen MR) is 59.6 cm³/mol. The van der Waals surface area contributed by atoms with Crippen LogP contribution in [0.1, 0.15) is 35.7 Å². The first-order valence-electron chi connectivity index (χ1n) is 5.45. The minimum Gasteiger partial charge on any atom is -0.478 e. The average molecular weight is 216 g/mol. The van der Waals surface area contributed by atoms with Gasteiger partial charge in [-0.3, -0.25) is 0 Å². The SMILES string of the molecule is O=C(O)c1ccc2c(c1)ncn2C1CCC1. The van der Waals surface area contributed by atoms with Crippen molar-refractivity contribution in [3.05, 3.63) is 30.1 Å². The second kappa shape index (κ2) is 3.33. The van der Waals surface area contributed by atoms with E-state index in [-0.39, 0.29) is 0 Å². The van der Waals surface area contributed by atoms with Gasteiger partial charge in [0.05, 0.1) is 22.9 Å². The number of carbonyl (C=O) groups is 1. The molecule has 0 unspecified atom stereocenters. The van der Waals surface area contributed by atoms with E-state index in [0.717, 1.165) is 11.0 Å². The molecule has 16 heavy (non-hydrogen) atoms. The van der Waals surface area contributed by atoms with Crippen LogP contribution < -0.4 is 0 Å². The van der Waals surface area contributed by atoms with E-state index in [9.17, 15) is 4.79 Å². The van der Waals surface area contributed by atoms with Crippen LogP contribution in [0.5, 0.6) is 0 Å². The Morgan fingerprint density at radius 1 is 1.44 bits per heavy atom. The zero-order valence-electron chi connectivity index (χ0n) is 8.76. The number of aromatic nitrogens is 2. The number of rotatable bonds is 2. The topological polar surface area (TPSA) is 55.1 Å². The summed E-state index contributed by atoms with van der Waals surface area (Å²) in [6, 6.07) is 5.68. The average Bonchev–Trinajstić information content (AvgIpc) is 2.59. The second-order valence-corrected chi connectivity index (χ2v) is 4.25. The van der Waals surface area contributed by atoms with Gasteiger partial charge in [0.25, 0.3) is 0 Å². The van der Waals surface area contributed by atoms with Crippen molar-refractivity contribution in [1.29, 1.82) is 0 Å². The minimum atomic E-state index is -0.903. The Balaban J connectivity index is 2.10. The molecule has 1 N–H and O–H groups in total. The number of carboxylic acid groups (broad SMARTS) is 1. The summed E-state index contributed by atoms with van der Waals surface area (Å²) in [5.41, 5.74) is 2.10. The molecular weight excluding hydrogens is 204 g/mol. The summed E-state index contributed by atoms with van der Waals surface area (Å²) in [4.78, 5) is 15.1. The Hall–Kier alpha value is -1.84. The number of nitrogens with zero attached hydrogens (tertiary/aromatic N) is 2. The molecule has 1 aliphatic carbocycles. The van der Waals surface area contributed by atoms with Gasteiger partial charge in [-0.15, -0.1) is 0 Å². The molecule has 1 aromatic carbocycles. The Labute approximate surface area is 92.5 Å². The molecule has 0 saturated heterocycles. The maximum Gasteiger partial charge on any atom is 0.335 e. The van der Waals surface area contributed by atoms with E-state index in [1.54, 1.807) is 12.1 Å². The minimum absolute atomic E-state index is 0.298. The molecule has 1 aliphatic rings. The summed E-state index contributed by atoms with van der Waals surface area (Å²) in [6.07, 6.45) is 5.50. The molecule has 0 spiro atoms. The van der Waals surface area contributed by atoms with Crippen molar-refractivity contribution in [3.8, 4) is 0 Å². The van der Waals surface area contributed by atoms with Crippen LogP contribution in [0.15, 0.2) is 24.5 Å². The number of imidazole rings is 1. The number of hydrogen-bond donors (Lipinski definition) is 1. The van der Waals surface area contributed by atoms with Crippen LogP contribution in [-0.4, -0.2) is 20.6 Å². The summed E-state index contributed by atoms with van der Waals surface area (Å²) in [5, 5.41) is 8.88. The summed E-state index contributed by atoms with van der Waals surface area (Å²) in [7, 11) is 0. The van der Waals surface area contributed by atoms with Crippen molar-refractivity contribution in [2.75, 3.05) is 0 Å². The van der Waals surface area contributed by atoms with E-state index in [0.29, 0.717) is 11.6 Å². The van der Waals surface area contributed by atoms with E-state index in [1.807, 2.05) is 12.4 Å². The van der Waals surface area contributed by atoms with E-state index in [4.69, 9.17) is 5.11 Å². The lowest BCUT2D eigenvalue weighted by Crippen LogP contribution is -2.15. The third kappa shape index (κ3) is 1.30. The number of aromatic carboxylic acids is 1. The maximum atomic E-state index is 10.8. The Morgan fingerprint density at radius 2 is 2.25 bits per heavy atom. The highest BCUT2D eigenvalue weighted by molar-refractivity contribution is 5.92. The predicted octanol–water partition coefficient (Wildman–Crippen LogP) is 2.46. The summed E-state index contributed by atoms with van der Waals surface area (Å²) in [6.45, 7) is 0. The normalized spacial score (nSPS) is 16.2. The fourth-order valence-electron chi connectivity index (χ4n) is 2.12. The zero-order valence-corrected chi connectivity index (χ0v) is 8.76. The lowest BCUT2D eigenvalue weighted by atomic mass is 9.93. The van der Waals surface area contributed by atoms with Gasteiger partial charge in [0.1, 0.15) is 0 Å². The Morgan fingerprint density at radius 3 is 2.88 bits per heavy atom. The van der Waals surface area contributed by atoms with Crippen LogP contribution in [0.4, 0.5) is 0 Å². The molecule has 0 amide bonds. The van der Waals surface area contributed by atoms with Gasteiger partial charge in [-0.1, -0.05) is 0 Å². The van der Waals surface area contributed by atoms with Gasteiger partial charge in [-0.25, -0.2) is 9.78 Å². The van der Waals surface area contributed by atoms with Crippen LogP contribution in [0.2, 0.25) is 0 Å². The monoisotopic (exact) mass is 216 g/mol. The zero-order chi connectivity index (χ0) is 11.1. The van der Waals surface area contributed by atoms with Crippen molar-refractivity contribution in [1.82, 2.24) is 9.55 Å². The van der Waals surface area contributed by atoms with Gasteiger partial charge in [0.2, 0.25) is 0 Å². The second-order valence-electron chi connectivity index (χ2n) is 4.25. The highest BCUT2D eigenvalue weighted by Crippen LogP contribution is 2.33. The van der Waals surface area contributed by atoms with Crippen LogP contribution in [-0.2, 0) is 0 Å². The fraction of sp³-hybridized carbons (Fsp3) is 0.333. The summed E-state index contributed by atoms with van der Waals surface area (Å²) >= 11 is 0. The van der Waals surface area contributed by atoms with E-state index >= 15 is 0 Å². The van der Waals surface area contributed by atoms with Crippen LogP contribution in [0.25, 0.3) is 11.0 Å². The Kier molecular flexibility index (Phi) is 1.96. The molecule has 2 aromatic rings. The molecular formula is C12H12N2O2. The molecule has 0 atom stereocenters. The van der Waals surface area contributed by atoms with E-state index in [2.05, 4.69) is 9.55 Å². The largest absolute Gasteiger partial charge is 0.478 e. The molecule has 82 valence electrons. The van der Waals surface area contributed by atoms with Crippen LogP contribution >= 0.6 is 0 Å². The van der Waals surface area contributed by atoms with Crippen LogP contribution in [0.3, 0.4) is 0 Å². The Bertz CT molecular complexity index is 555. The summed E-state index contributed by atoms with van der Waals surface area (Å²) in [5.74, 6) is -0.903.